The predicted octanol–water partition coefficient (Wildman–Crippen LogP) is -2.60. The molecule has 4 N–H and O–H groups in total. The lowest BCUT2D eigenvalue weighted by Crippen LogP contribution is -2.39. The highest BCUT2D eigenvalue weighted by Crippen LogP contribution is 1.73. The zero-order valence-electron chi connectivity index (χ0n) is 5.95. The van der Waals surface area contributed by atoms with Gasteiger partial charge in [0.15, 0.2) is 0 Å². The van der Waals surface area contributed by atoms with Crippen LogP contribution in [0.25, 0.3) is 0 Å². The Kier molecular flexibility index (Phi) is 5.34. The molecule has 7 heteroatoms. The lowest BCUT2D eigenvalue weighted by molar-refractivity contribution is 0.297. The number of hydrogen-bond acceptors (Lipinski definition) is 4. The third-order valence-electron chi connectivity index (χ3n) is 0.808. The van der Waals surface area contributed by atoms with Crippen molar-refractivity contribution in [1.82, 2.24) is 9.44 Å². The maximum absolute atomic E-state index is 10.7. The molecule has 0 aliphatic rings. The van der Waals surface area contributed by atoms with Gasteiger partial charge in [0.2, 0.25) is 0 Å². The van der Waals surface area contributed by atoms with Crippen molar-refractivity contribution in [2.45, 2.75) is 0 Å². The molecular weight excluding hydrogens is 172 g/mol. The maximum atomic E-state index is 10.7. The van der Waals surface area contributed by atoms with Crippen molar-refractivity contribution < 1.29 is 18.6 Å². The van der Waals surface area contributed by atoms with E-state index in [0.717, 1.165) is 0 Å². The summed E-state index contributed by atoms with van der Waals surface area (Å²) in [4.78, 5) is 0. The van der Waals surface area contributed by atoms with E-state index in [1.807, 2.05) is 9.44 Å². The van der Waals surface area contributed by atoms with Gasteiger partial charge in [-0.15, -0.1) is 0 Å². The summed E-state index contributed by atoms with van der Waals surface area (Å²) in [5.41, 5.74) is 0. The monoisotopic (exact) mass is 184 g/mol. The van der Waals surface area contributed by atoms with Crippen molar-refractivity contribution in [1.29, 1.82) is 0 Å². The van der Waals surface area contributed by atoms with Crippen molar-refractivity contribution in [3.05, 3.63) is 0 Å². The molecule has 68 valence electrons. The van der Waals surface area contributed by atoms with Crippen LogP contribution in [-0.4, -0.2) is 44.9 Å². The van der Waals surface area contributed by atoms with Crippen molar-refractivity contribution >= 4 is 10.2 Å². The van der Waals surface area contributed by atoms with Crippen LogP contribution in [0.2, 0.25) is 0 Å². The quantitative estimate of drug-likeness (QED) is 0.363. The van der Waals surface area contributed by atoms with Crippen LogP contribution in [0.15, 0.2) is 0 Å². The highest BCUT2D eigenvalue weighted by Gasteiger charge is 2.05. The summed E-state index contributed by atoms with van der Waals surface area (Å²) >= 11 is 0. The molecule has 0 aromatic carbocycles. The summed E-state index contributed by atoms with van der Waals surface area (Å²) in [6.45, 7) is -0.554. The SMILES string of the molecule is O=S(=O)(NCCO)NCCO. The normalized spacial score (nSPS) is 11.8. The lowest BCUT2D eigenvalue weighted by atomic mass is 10.8. The number of hydrogen-bond donors (Lipinski definition) is 4. The molecular formula is C4H12N2O4S. The first kappa shape index (κ1) is 10.8. The Bertz CT molecular complexity index is 165. The van der Waals surface area contributed by atoms with Crippen LogP contribution < -0.4 is 9.44 Å². The van der Waals surface area contributed by atoms with Gasteiger partial charge in [-0.2, -0.15) is 8.42 Å². The highest BCUT2D eigenvalue weighted by atomic mass is 32.2. The Morgan fingerprint density at radius 3 is 1.64 bits per heavy atom. The van der Waals surface area contributed by atoms with E-state index in [9.17, 15) is 8.42 Å². The van der Waals surface area contributed by atoms with Crippen LogP contribution in [0.1, 0.15) is 0 Å². The van der Waals surface area contributed by atoms with Crippen LogP contribution in [0.4, 0.5) is 0 Å². The summed E-state index contributed by atoms with van der Waals surface area (Å²) in [6, 6.07) is 0. The summed E-state index contributed by atoms with van der Waals surface area (Å²) < 4.78 is 25.5. The van der Waals surface area contributed by atoms with Crippen molar-refractivity contribution in [2.75, 3.05) is 26.3 Å². The average molecular weight is 184 g/mol. The molecule has 0 spiro atoms. The molecule has 0 saturated heterocycles. The van der Waals surface area contributed by atoms with Gasteiger partial charge in [0, 0.05) is 13.1 Å². The Hall–Kier alpha value is -0.210. The van der Waals surface area contributed by atoms with Gasteiger partial charge in [0.05, 0.1) is 13.2 Å². The molecule has 6 nitrogen and oxygen atoms in total. The second-order valence-corrected chi connectivity index (χ2v) is 3.32. The lowest BCUT2D eigenvalue weighted by Gasteiger charge is -2.04. The first-order valence-electron chi connectivity index (χ1n) is 3.08. The molecule has 0 fully saturated rings. The molecule has 0 aliphatic heterocycles. The van der Waals surface area contributed by atoms with Crippen molar-refractivity contribution in [2.24, 2.45) is 0 Å². The molecule has 0 aromatic heterocycles. The van der Waals surface area contributed by atoms with E-state index in [-0.39, 0.29) is 26.3 Å². The van der Waals surface area contributed by atoms with Gasteiger partial charge in [-0.05, 0) is 0 Å². The third-order valence-corrected chi connectivity index (χ3v) is 1.98. The van der Waals surface area contributed by atoms with E-state index in [1.54, 1.807) is 0 Å². The molecule has 0 saturated carbocycles. The van der Waals surface area contributed by atoms with E-state index in [4.69, 9.17) is 10.2 Å². The van der Waals surface area contributed by atoms with Crippen LogP contribution in [0.3, 0.4) is 0 Å². The summed E-state index contributed by atoms with van der Waals surface area (Å²) in [5.74, 6) is 0. The minimum atomic E-state index is -3.53. The highest BCUT2D eigenvalue weighted by molar-refractivity contribution is 7.87. The number of nitrogens with one attached hydrogen (secondary N) is 2. The number of rotatable bonds is 6. The molecule has 0 unspecified atom stereocenters. The van der Waals surface area contributed by atoms with E-state index >= 15 is 0 Å². The molecule has 0 aromatic rings. The number of aliphatic hydroxyl groups excluding tert-OH is 2. The predicted molar refractivity (Wildman–Crippen MR) is 39.1 cm³/mol. The molecule has 0 atom stereocenters. The zero-order chi connectivity index (χ0) is 8.74. The average Bonchev–Trinajstić information content (AvgIpc) is 1.97. The smallest absolute Gasteiger partial charge is 0.277 e. The molecule has 0 heterocycles. The Labute approximate surface area is 65.4 Å². The molecule has 0 aliphatic carbocycles. The van der Waals surface area contributed by atoms with Gasteiger partial charge in [-0.25, -0.2) is 9.44 Å². The van der Waals surface area contributed by atoms with Crippen LogP contribution >= 0.6 is 0 Å². The van der Waals surface area contributed by atoms with Gasteiger partial charge in [0.25, 0.3) is 10.2 Å². The molecule has 0 radical (unpaired) electrons. The maximum Gasteiger partial charge on any atom is 0.277 e. The van der Waals surface area contributed by atoms with Gasteiger partial charge < -0.3 is 10.2 Å². The Balaban J connectivity index is 3.63. The topological polar surface area (TPSA) is 98.7 Å². The number of aliphatic hydroxyl groups is 2. The first-order valence-corrected chi connectivity index (χ1v) is 4.56. The van der Waals surface area contributed by atoms with E-state index in [0.29, 0.717) is 0 Å². The fourth-order valence-electron chi connectivity index (χ4n) is 0.411. The first-order chi connectivity index (χ1) is 5.12. The Morgan fingerprint density at radius 1 is 1.00 bits per heavy atom. The summed E-state index contributed by atoms with van der Waals surface area (Å²) in [6.07, 6.45) is 0. The van der Waals surface area contributed by atoms with E-state index < -0.39 is 10.2 Å². The molecule has 0 bridgehead atoms. The van der Waals surface area contributed by atoms with Gasteiger partial charge in [-0.1, -0.05) is 0 Å². The van der Waals surface area contributed by atoms with Crippen LogP contribution in [0.5, 0.6) is 0 Å². The largest absolute Gasteiger partial charge is 0.395 e. The Morgan fingerprint density at radius 2 is 1.36 bits per heavy atom. The van der Waals surface area contributed by atoms with Gasteiger partial charge >= 0.3 is 0 Å². The second-order valence-electron chi connectivity index (χ2n) is 1.74. The second kappa shape index (κ2) is 5.44. The van der Waals surface area contributed by atoms with Crippen LogP contribution in [0, 0.1) is 0 Å². The molecule has 11 heavy (non-hydrogen) atoms. The van der Waals surface area contributed by atoms with Gasteiger partial charge in [0.1, 0.15) is 0 Å². The zero-order valence-corrected chi connectivity index (χ0v) is 6.76. The standard InChI is InChI=1S/C4H12N2O4S/c7-3-1-5-11(9,10)6-2-4-8/h5-8H,1-4H2. The third kappa shape index (κ3) is 6.20. The van der Waals surface area contributed by atoms with E-state index in [2.05, 4.69) is 0 Å². The minimum Gasteiger partial charge on any atom is -0.395 e. The summed E-state index contributed by atoms with van der Waals surface area (Å²) in [7, 11) is -3.53. The molecule has 0 amide bonds. The van der Waals surface area contributed by atoms with Crippen LogP contribution in [-0.2, 0) is 10.2 Å². The van der Waals surface area contributed by atoms with Gasteiger partial charge in [-0.3, -0.25) is 0 Å². The van der Waals surface area contributed by atoms with Crippen molar-refractivity contribution in [3.8, 4) is 0 Å². The minimum absolute atomic E-state index is 0.0270. The summed E-state index contributed by atoms with van der Waals surface area (Å²) in [5, 5.41) is 16.5. The fraction of sp³-hybridized carbons (Fsp3) is 1.00. The van der Waals surface area contributed by atoms with Crippen molar-refractivity contribution in [3.63, 3.8) is 0 Å². The van der Waals surface area contributed by atoms with E-state index in [1.165, 1.54) is 0 Å². The fourth-order valence-corrected chi connectivity index (χ4v) is 1.23. The molecule has 0 rings (SSSR count).